The van der Waals surface area contributed by atoms with Crippen molar-refractivity contribution in [3.05, 3.63) is 67.1 Å². The first-order chi connectivity index (χ1) is 9.56. The molecule has 5 heteroatoms. The summed E-state index contributed by atoms with van der Waals surface area (Å²) in [6.45, 7) is 2.02. The predicted octanol–water partition coefficient (Wildman–Crippen LogP) is 2.85. The second-order valence-electron chi connectivity index (χ2n) is 4.76. The summed E-state index contributed by atoms with van der Waals surface area (Å²) in [6.07, 6.45) is -0.704. The third kappa shape index (κ3) is 2.27. The number of fused-ring (bicyclic) bond motifs is 1. The van der Waals surface area contributed by atoms with Crippen LogP contribution in [0.25, 0.3) is 11.0 Å². The number of aliphatic hydroxyl groups is 1. The number of benzene rings is 2. The summed E-state index contributed by atoms with van der Waals surface area (Å²) in [7, 11) is 0. The molecule has 1 unspecified atom stereocenters. The van der Waals surface area contributed by atoms with Crippen LogP contribution in [0, 0.1) is 10.5 Å². The molecular formula is C15H13IN2O2. The molecule has 0 amide bonds. The van der Waals surface area contributed by atoms with E-state index in [1.807, 2.05) is 31.2 Å². The molecule has 1 heterocycles. The SMILES string of the molecule is Cc1cccc(C(O)c2ccc3[nH]c(=O)[nH]c3c2)c1I. The number of imidazole rings is 1. The van der Waals surface area contributed by atoms with Gasteiger partial charge in [-0.1, -0.05) is 24.3 Å². The Kier molecular flexibility index (Phi) is 3.39. The molecule has 0 radical (unpaired) electrons. The minimum atomic E-state index is -0.704. The molecule has 102 valence electrons. The van der Waals surface area contributed by atoms with E-state index in [1.165, 1.54) is 0 Å². The van der Waals surface area contributed by atoms with Crippen molar-refractivity contribution < 1.29 is 5.11 Å². The highest BCUT2D eigenvalue weighted by molar-refractivity contribution is 14.1. The highest BCUT2D eigenvalue weighted by Crippen LogP contribution is 2.29. The largest absolute Gasteiger partial charge is 0.384 e. The summed E-state index contributed by atoms with van der Waals surface area (Å²) in [6, 6.07) is 11.3. The second-order valence-corrected chi connectivity index (χ2v) is 5.84. The zero-order chi connectivity index (χ0) is 14.3. The van der Waals surface area contributed by atoms with Crippen molar-refractivity contribution >= 4 is 33.6 Å². The van der Waals surface area contributed by atoms with Crippen molar-refractivity contribution in [2.75, 3.05) is 0 Å². The van der Waals surface area contributed by atoms with Gasteiger partial charge in [0.05, 0.1) is 11.0 Å². The molecule has 2 aromatic carbocycles. The van der Waals surface area contributed by atoms with E-state index >= 15 is 0 Å². The van der Waals surface area contributed by atoms with Crippen LogP contribution in [0.2, 0.25) is 0 Å². The molecule has 3 aromatic rings. The molecule has 0 bridgehead atoms. The molecule has 1 aromatic heterocycles. The standard InChI is InChI=1S/C15H13IN2O2/c1-8-3-2-4-10(13(8)16)14(19)9-5-6-11-12(7-9)18-15(20)17-11/h2-7,14,19H,1H3,(H2,17,18,20). The van der Waals surface area contributed by atoms with Crippen molar-refractivity contribution in [2.24, 2.45) is 0 Å². The molecule has 0 saturated carbocycles. The fourth-order valence-electron chi connectivity index (χ4n) is 2.28. The van der Waals surface area contributed by atoms with E-state index in [4.69, 9.17) is 0 Å². The lowest BCUT2D eigenvalue weighted by Gasteiger charge is -2.14. The number of aromatic nitrogens is 2. The van der Waals surface area contributed by atoms with Crippen molar-refractivity contribution in [3.63, 3.8) is 0 Å². The number of aryl methyl sites for hydroxylation is 1. The molecule has 0 fully saturated rings. The highest BCUT2D eigenvalue weighted by Gasteiger charge is 2.15. The molecule has 0 saturated heterocycles. The maximum atomic E-state index is 11.3. The Hall–Kier alpha value is -1.60. The van der Waals surface area contributed by atoms with Gasteiger partial charge in [0, 0.05) is 3.57 Å². The van der Waals surface area contributed by atoms with Crippen molar-refractivity contribution in [1.29, 1.82) is 0 Å². The summed E-state index contributed by atoms with van der Waals surface area (Å²) in [5, 5.41) is 10.6. The first-order valence-corrected chi connectivity index (χ1v) is 7.29. The maximum Gasteiger partial charge on any atom is 0.323 e. The Balaban J connectivity index is 2.09. The van der Waals surface area contributed by atoms with E-state index in [-0.39, 0.29) is 5.69 Å². The van der Waals surface area contributed by atoms with Crippen molar-refractivity contribution in [3.8, 4) is 0 Å². The van der Waals surface area contributed by atoms with Crippen LogP contribution in [0.3, 0.4) is 0 Å². The minimum Gasteiger partial charge on any atom is -0.384 e. The Morgan fingerprint density at radius 2 is 1.90 bits per heavy atom. The zero-order valence-corrected chi connectivity index (χ0v) is 12.9. The van der Waals surface area contributed by atoms with Crippen LogP contribution in [0.4, 0.5) is 0 Å². The molecule has 3 N–H and O–H groups in total. The predicted molar refractivity (Wildman–Crippen MR) is 86.9 cm³/mol. The average Bonchev–Trinajstić information content (AvgIpc) is 2.80. The highest BCUT2D eigenvalue weighted by atomic mass is 127. The molecule has 0 aliphatic carbocycles. The van der Waals surface area contributed by atoms with Crippen LogP contribution in [0.1, 0.15) is 22.8 Å². The summed E-state index contributed by atoms with van der Waals surface area (Å²) in [5.74, 6) is 0. The van der Waals surface area contributed by atoms with Crippen molar-refractivity contribution in [2.45, 2.75) is 13.0 Å². The smallest absolute Gasteiger partial charge is 0.323 e. The number of hydrogen-bond donors (Lipinski definition) is 3. The summed E-state index contributed by atoms with van der Waals surface area (Å²) in [5.41, 5.74) is 3.98. The van der Waals surface area contributed by atoms with Gasteiger partial charge in [0.2, 0.25) is 0 Å². The van der Waals surface area contributed by atoms with Gasteiger partial charge in [-0.3, -0.25) is 0 Å². The third-order valence-electron chi connectivity index (χ3n) is 3.37. The Morgan fingerprint density at radius 3 is 2.70 bits per heavy atom. The molecule has 20 heavy (non-hydrogen) atoms. The topological polar surface area (TPSA) is 68.9 Å². The number of H-pyrrole nitrogens is 2. The number of aromatic amines is 2. The van der Waals surface area contributed by atoms with Crippen LogP contribution >= 0.6 is 22.6 Å². The fraction of sp³-hybridized carbons (Fsp3) is 0.133. The normalized spacial score (nSPS) is 12.8. The number of nitrogens with one attached hydrogen (secondary N) is 2. The molecule has 0 spiro atoms. The third-order valence-corrected chi connectivity index (χ3v) is 4.85. The molecule has 0 aliphatic rings. The lowest BCUT2D eigenvalue weighted by atomic mass is 10.00. The van der Waals surface area contributed by atoms with Gasteiger partial charge < -0.3 is 15.1 Å². The van der Waals surface area contributed by atoms with Crippen LogP contribution in [0.5, 0.6) is 0 Å². The lowest BCUT2D eigenvalue weighted by molar-refractivity contribution is 0.219. The molecule has 3 rings (SSSR count). The van der Waals surface area contributed by atoms with Crippen LogP contribution < -0.4 is 5.69 Å². The van der Waals surface area contributed by atoms with Crippen molar-refractivity contribution in [1.82, 2.24) is 9.97 Å². The Morgan fingerprint density at radius 1 is 1.15 bits per heavy atom. The van der Waals surface area contributed by atoms with Gasteiger partial charge in [-0.25, -0.2) is 4.79 Å². The van der Waals surface area contributed by atoms with Gasteiger partial charge in [0.1, 0.15) is 6.10 Å². The monoisotopic (exact) mass is 380 g/mol. The zero-order valence-electron chi connectivity index (χ0n) is 10.8. The number of rotatable bonds is 2. The number of halogens is 1. The quantitative estimate of drug-likeness (QED) is 0.599. The summed E-state index contributed by atoms with van der Waals surface area (Å²) >= 11 is 2.25. The van der Waals surface area contributed by atoms with Gasteiger partial charge in [-0.05, 0) is 58.3 Å². The molecule has 4 nitrogen and oxygen atoms in total. The summed E-state index contributed by atoms with van der Waals surface area (Å²) in [4.78, 5) is 16.7. The molecule has 1 atom stereocenters. The Labute approximate surface area is 129 Å². The molecule has 0 aliphatic heterocycles. The Bertz CT molecular complexity index is 835. The average molecular weight is 380 g/mol. The van der Waals surface area contributed by atoms with Gasteiger partial charge in [-0.15, -0.1) is 0 Å². The first-order valence-electron chi connectivity index (χ1n) is 6.21. The van der Waals surface area contributed by atoms with Crippen LogP contribution in [0.15, 0.2) is 41.2 Å². The minimum absolute atomic E-state index is 0.239. The van der Waals surface area contributed by atoms with Gasteiger partial charge in [-0.2, -0.15) is 0 Å². The molecular weight excluding hydrogens is 367 g/mol. The number of hydrogen-bond acceptors (Lipinski definition) is 2. The van der Waals surface area contributed by atoms with E-state index in [1.54, 1.807) is 12.1 Å². The first kappa shape index (κ1) is 13.4. The van der Waals surface area contributed by atoms with Gasteiger partial charge in [0.15, 0.2) is 0 Å². The van der Waals surface area contributed by atoms with E-state index in [9.17, 15) is 9.90 Å². The summed E-state index contributed by atoms with van der Waals surface area (Å²) < 4.78 is 1.06. The second kappa shape index (κ2) is 5.06. The van der Waals surface area contributed by atoms with Crippen LogP contribution in [-0.4, -0.2) is 15.1 Å². The lowest BCUT2D eigenvalue weighted by Crippen LogP contribution is -2.03. The van der Waals surface area contributed by atoms with Gasteiger partial charge in [0.25, 0.3) is 0 Å². The number of aliphatic hydroxyl groups excluding tert-OH is 1. The van der Waals surface area contributed by atoms with E-state index in [0.717, 1.165) is 25.8 Å². The van der Waals surface area contributed by atoms with E-state index in [0.29, 0.717) is 5.52 Å². The maximum absolute atomic E-state index is 11.3. The van der Waals surface area contributed by atoms with E-state index in [2.05, 4.69) is 32.6 Å². The van der Waals surface area contributed by atoms with Gasteiger partial charge >= 0.3 is 5.69 Å². The van der Waals surface area contributed by atoms with Crippen LogP contribution in [-0.2, 0) is 0 Å². The van der Waals surface area contributed by atoms with E-state index < -0.39 is 6.10 Å². The fourth-order valence-corrected chi connectivity index (χ4v) is 2.94.